The molecule has 3 nitrogen and oxygen atoms in total. The van der Waals surface area contributed by atoms with Crippen molar-refractivity contribution in [1.82, 2.24) is 9.97 Å². The SMILES string of the molecule is Cc1cccc(C)c1CC(N)c1cnccn1. The third-order valence-corrected chi connectivity index (χ3v) is 3.03. The van der Waals surface area contributed by atoms with Gasteiger partial charge in [0.1, 0.15) is 0 Å². The highest BCUT2D eigenvalue weighted by Crippen LogP contribution is 2.19. The molecule has 2 aromatic rings. The third-order valence-electron chi connectivity index (χ3n) is 3.03. The first-order chi connectivity index (χ1) is 8.18. The fourth-order valence-electron chi connectivity index (χ4n) is 2.00. The highest BCUT2D eigenvalue weighted by atomic mass is 14.8. The first-order valence-electron chi connectivity index (χ1n) is 5.75. The molecule has 1 unspecified atom stereocenters. The molecule has 0 amide bonds. The molecule has 0 aliphatic carbocycles. The Labute approximate surface area is 102 Å². The van der Waals surface area contributed by atoms with Gasteiger partial charge in [-0.25, -0.2) is 0 Å². The van der Waals surface area contributed by atoms with E-state index in [1.807, 2.05) is 0 Å². The number of rotatable bonds is 3. The van der Waals surface area contributed by atoms with Gasteiger partial charge in [0.15, 0.2) is 0 Å². The van der Waals surface area contributed by atoms with Gasteiger partial charge in [-0.05, 0) is 37.0 Å². The van der Waals surface area contributed by atoms with E-state index in [9.17, 15) is 0 Å². The van der Waals surface area contributed by atoms with Gasteiger partial charge in [-0.3, -0.25) is 9.97 Å². The van der Waals surface area contributed by atoms with E-state index in [0.717, 1.165) is 12.1 Å². The second-order valence-electron chi connectivity index (χ2n) is 4.31. The number of aryl methyl sites for hydroxylation is 2. The molecule has 0 bridgehead atoms. The van der Waals surface area contributed by atoms with Crippen molar-refractivity contribution in [2.45, 2.75) is 26.3 Å². The number of hydrogen-bond donors (Lipinski definition) is 1. The Morgan fingerprint density at radius 3 is 2.47 bits per heavy atom. The molecule has 2 rings (SSSR count). The number of hydrogen-bond acceptors (Lipinski definition) is 3. The molecule has 0 radical (unpaired) electrons. The molecule has 0 saturated heterocycles. The summed E-state index contributed by atoms with van der Waals surface area (Å²) in [5, 5.41) is 0. The van der Waals surface area contributed by atoms with Gasteiger partial charge in [0, 0.05) is 18.6 Å². The van der Waals surface area contributed by atoms with Crippen LogP contribution < -0.4 is 5.73 Å². The molecule has 0 aliphatic rings. The summed E-state index contributed by atoms with van der Waals surface area (Å²) in [4.78, 5) is 8.30. The molecular formula is C14H17N3. The van der Waals surface area contributed by atoms with Crippen LogP contribution in [0.5, 0.6) is 0 Å². The maximum Gasteiger partial charge on any atom is 0.0757 e. The van der Waals surface area contributed by atoms with Crippen LogP contribution in [0, 0.1) is 13.8 Å². The van der Waals surface area contributed by atoms with Crippen LogP contribution >= 0.6 is 0 Å². The number of aromatic nitrogens is 2. The zero-order valence-corrected chi connectivity index (χ0v) is 10.2. The largest absolute Gasteiger partial charge is 0.322 e. The van der Waals surface area contributed by atoms with Gasteiger partial charge in [0.2, 0.25) is 0 Å². The minimum Gasteiger partial charge on any atom is -0.322 e. The van der Waals surface area contributed by atoms with E-state index in [2.05, 4.69) is 42.0 Å². The Hall–Kier alpha value is -1.74. The van der Waals surface area contributed by atoms with Crippen molar-refractivity contribution in [3.8, 4) is 0 Å². The lowest BCUT2D eigenvalue weighted by molar-refractivity contribution is 0.686. The van der Waals surface area contributed by atoms with E-state index in [1.54, 1.807) is 18.6 Å². The Morgan fingerprint density at radius 2 is 1.88 bits per heavy atom. The number of nitrogens with zero attached hydrogens (tertiary/aromatic N) is 2. The molecule has 88 valence electrons. The van der Waals surface area contributed by atoms with Crippen LogP contribution in [0.2, 0.25) is 0 Å². The van der Waals surface area contributed by atoms with Crippen molar-refractivity contribution in [2.24, 2.45) is 5.73 Å². The fraction of sp³-hybridized carbons (Fsp3) is 0.286. The second-order valence-corrected chi connectivity index (χ2v) is 4.31. The summed E-state index contributed by atoms with van der Waals surface area (Å²) in [7, 11) is 0. The van der Waals surface area contributed by atoms with Crippen LogP contribution in [0.15, 0.2) is 36.8 Å². The van der Waals surface area contributed by atoms with Gasteiger partial charge < -0.3 is 5.73 Å². The average Bonchev–Trinajstić information content (AvgIpc) is 2.35. The maximum atomic E-state index is 6.16. The van der Waals surface area contributed by atoms with Crippen molar-refractivity contribution < 1.29 is 0 Å². The van der Waals surface area contributed by atoms with Crippen molar-refractivity contribution in [3.63, 3.8) is 0 Å². The summed E-state index contributed by atoms with van der Waals surface area (Å²) in [6.45, 7) is 4.23. The predicted octanol–water partition coefficient (Wildman–Crippen LogP) is 2.34. The second kappa shape index (κ2) is 5.06. The third kappa shape index (κ3) is 2.68. The molecule has 1 heterocycles. The zero-order valence-electron chi connectivity index (χ0n) is 10.2. The van der Waals surface area contributed by atoms with Gasteiger partial charge in [-0.2, -0.15) is 0 Å². The minimum absolute atomic E-state index is 0.0940. The molecule has 1 atom stereocenters. The standard InChI is InChI=1S/C14H17N3/c1-10-4-3-5-11(2)12(10)8-13(15)14-9-16-6-7-17-14/h3-7,9,13H,8,15H2,1-2H3. The molecule has 3 heteroatoms. The summed E-state index contributed by atoms with van der Waals surface area (Å²) in [5.74, 6) is 0. The van der Waals surface area contributed by atoms with Crippen LogP contribution in [-0.2, 0) is 6.42 Å². The van der Waals surface area contributed by atoms with E-state index in [1.165, 1.54) is 16.7 Å². The number of benzene rings is 1. The molecule has 1 aromatic carbocycles. The van der Waals surface area contributed by atoms with Crippen LogP contribution in [0.3, 0.4) is 0 Å². The predicted molar refractivity (Wildman–Crippen MR) is 68.6 cm³/mol. The zero-order chi connectivity index (χ0) is 12.3. The quantitative estimate of drug-likeness (QED) is 0.875. The Kier molecular flexibility index (Phi) is 3.49. The maximum absolute atomic E-state index is 6.16. The van der Waals surface area contributed by atoms with E-state index >= 15 is 0 Å². The minimum atomic E-state index is -0.0940. The van der Waals surface area contributed by atoms with Crippen LogP contribution in [0.1, 0.15) is 28.4 Å². The average molecular weight is 227 g/mol. The van der Waals surface area contributed by atoms with Crippen molar-refractivity contribution in [2.75, 3.05) is 0 Å². The van der Waals surface area contributed by atoms with Gasteiger partial charge in [-0.1, -0.05) is 18.2 Å². The van der Waals surface area contributed by atoms with Crippen LogP contribution in [0.25, 0.3) is 0 Å². The molecule has 0 spiro atoms. The summed E-state index contributed by atoms with van der Waals surface area (Å²) < 4.78 is 0. The first-order valence-corrected chi connectivity index (χ1v) is 5.75. The molecule has 0 aliphatic heterocycles. The summed E-state index contributed by atoms with van der Waals surface area (Å²) in [5.41, 5.74) is 10.9. The first kappa shape index (κ1) is 11.7. The Bertz CT molecular complexity index is 474. The van der Waals surface area contributed by atoms with Gasteiger partial charge in [0.05, 0.1) is 11.7 Å². The van der Waals surface area contributed by atoms with Gasteiger partial charge in [-0.15, -0.1) is 0 Å². The molecule has 17 heavy (non-hydrogen) atoms. The molecule has 2 N–H and O–H groups in total. The highest BCUT2D eigenvalue weighted by molar-refractivity contribution is 5.34. The topological polar surface area (TPSA) is 51.8 Å². The lowest BCUT2D eigenvalue weighted by atomic mass is 9.96. The lowest BCUT2D eigenvalue weighted by Gasteiger charge is -2.14. The summed E-state index contributed by atoms with van der Waals surface area (Å²) in [6.07, 6.45) is 5.88. The van der Waals surface area contributed by atoms with Crippen molar-refractivity contribution >= 4 is 0 Å². The molecular weight excluding hydrogens is 210 g/mol. The molecule has 1 aromatic heterocycles. The van der Waals surface area contributed by atoms with E-state index < -0.39 is 0 Å². The monoisotopic (exact) mass is 227 g/mol. The van der Waals surface area contributed by atoms with E-state index in [-0.39, 0.29) is 6.04 Å². The summed E-state index contributed by atoms with van der Waals surface area (Å²) in [6, 6.07) is 6.21. The molecule has 0 fully saturated rings. The van der Waals surface area contributed by atoms with Gasteiger partial charge in [0.25, 0.3) is 0 Å². The summed E-state index contributed by atoms with van der Waals surface area (Å²) >= 11 is 0. The smallest absolute Gasteiger partial charge is 0.0757 e. The van der Waals surface area contributed by atoms with Crippen LogP contribution in [-0.4, -0.2) is 9.97 Å². The van der Waals surface area contributed by atoms with Crippen LogP contribution in [0.4, 0.5) is 0 Å². The highest BCUT2D eigenvalue weighted by Gasteiger charge is 2.11. The van der Waals surface area contributed by atoms with Crippen molar-refractivity contribution in [3.05, 3.63) is 59.2 Å². The Morgan fingerprint density at radius 1 is 1.18 bits per heavy atom. The van der Waals surface area contributed by atoms with E-state index in [0.29, 0.717) is 0 Å². The van der Waals surface area contributed by atoms with Gasteiger partial charge >= 0.3 is 0 Å². The fourth-order valence-corrected chi connectivity index (χ4v) is 2.00. The van der Waals surface area contributed by atoms with Crippen molar-refractivity contribution in [1.29, 1.82) is 0 Å². The lowest BCUT2D eigenvalue weighted by Crippen LogP contribution is -2.16. The number of nitrogens with two attached hydrogens (primary N) is 1. The normalized spacial score (nSPS) is 12.4. The Balaban J connectivity index is 2.22. The van der Waals surface area contributed by atoms with E-state index in [4.69, 9.17) is 5.73 Å². The molecule has 0 saturated carbocycles.